The number of ether oxygens (including phenoxy) is 1. The molecule has 4 aromatic rings. The van der Waals surface area contributed by atoms with E-state index in [9.17, 15) is 13.2 Å². The zero-order valence-corrected chi connectivity index (χ0v) is 18.6. The molecule has 33 heavy (non-hydrogen) atoms. The molecule has 2 heterocycles. The second-order valence-corrected chi connectivity index (χ2v) is 9.40. The van der Waals surface area contributed by atoms with Crippen LogP contribution in [0.25, 0.3) is 0 Å². The first-order valence-electron chi connectivity index (χ1n) is 10.3. The molecule has 0 atom stereocenters. The molecule has 0 aliphatic heterocycles. The van der Waals surface area contributed by atoms with Gasteiger partial charge in [-0.2, -0.15) is 0 Å². The highest BCUT2D eigenvalue weighted by Gasteiger charge is 2.19. The quantitative estimate of drug-likeness (QED) is 0.370. The number of carbonyl (C=O) groups excluding carboxylic acids is 1. The molecule has 0 unspecified atom stereocenters. The van der Waals surface area contributed by atoms with E-state index in [1.807, 2.05) is 36.4 Å². The van der Waals surface area contributed by atoms with Crippen LogP contribution in [0.5, 0.6) is 0 Å². The highest BCUT2D eigenvalue weighted by molar-refractivity contribution is 7.90. The number of carbonyl (C=O) groups is 1. The number of furan rings is 2. The first-order chi connectivity index (χ1) is 16.0. The Morgan fingerprint density at radius 3 is 2.45 bits per heavy atom. The van der Waals surface area contributed by atoms with E-state index in [1.165, 1.54) is 24.3 Å². The zero-order chi connectivity index (χ0) is 23.1. The van der Waals surface area contributed by atoms with Crippen LogP contribution in [0.15, 0.2) is 98.9 Å². The van der Waals surface area contributed by atoms with Gasteiger partial charge in [0, 0.05) is 6.54 Å². The van der Waals surface area contributed by atoms with Crippen molar-refractivity contribution < 1.29 is 26.8 Å². The molecule has 0 bridgehead atoms. The van der Waals surface area contributed by atoms with Crippen LogP contribution in [0, 0.1) is 0 Å². The number of hydrogen-bond acceptors (Lipinski definition) is 6. The molecule has 8 heteroatoms. The van der Waals surface area contributed by atoms with Gasteiger partial charge < -0.3 is 18.9 Å². The molecule has 2 aromatic heterocycles. The van der Waals surface area contributed by atoms with Crippen molar-refractivity contribution in [2.45, 2.75) is 30.4 Å². The summed E-state index contributed by atoms with van der Waals surface area (Å²) in [6.07, 6.45) is 1.60. The summed E-state index contributed by atoms with van der Waals surface area (Å²) in [4.78, 5) is 12.7. The summed E-state index contributed by atoms with van der Waals surface area (Å²) in [7, 11) is -3.55. The van der Waals surface area contributed by atoms with Gasteiger partial charge in [-0.25, -0.2) is 8.42 Å². The Balaban J connectivity index is 1.30. The predicted molar refractivity (Wildman–Crippen MR) is 121 cm³/mol. The van der Waals surface area contributed by atoms with Gasteiger partial charge in [0.05, 0.1) is 17.8 Å². The SMILES string of the molecule is O=C(NCc1cccc(COCc2ccco2)c1)c1ccc(CS(=O)(=O)c2ccccc2)o1. The van der Waals surface area contributed by atoms with Crippen molar-refractivity contribution in [1.82, 2.24) is 5.32 Å². The van der Waals surface area contributed by atoms with Crippen LogP contribution in [-0.2, 0) is 40.1 Å². The van der Waals surface area contributed by atoms with Crippen LogP contribution >= 0.6 is 0 Å². The predicted octanol–water partition coefficient (Wildman–Crippen LogP) is 4.49. The summed E-state index contributed by atoms with van der Waals surface area (Å²) < 4.78 is 41.3. The molecule has 4 rings (SSSR count). The molecule has 0 saturated heterocycles. The van der Waals surface area contributed by atoms with Gasteiger partial charge in [0.15, 0.2) is 15.6 Å². The van der Waals surface area contributed by atoms with Gasteiger partial charge in [-0.05, 0) is 47.5 Å². The van der Waals surface area contributed by atoms with Gasteiger partial charge in [0.25, 0.3) is 5.91 Å². The summed E-state index contributed by atoms with van der Waals surface area (Å²) >= 11 is 0. The third kappa shape index (κ3) is 6.21. The minimum Gasteiger partial charge on any atom is -0.467 e. The lowest BCUT2D eigenvalue weighted by atomic mass is 10.1. The minimum absolute atomic E-state index is 0.0613. The van der Waals surface area contributed by atoms with E-state index in [1.54, 1.807) is 24.5 Å². The largest absolute Gasteiger partial charge is 0.467 e. The lowest BCUT2D eigenvalue weighted by Crippen LogP contribution is -2.22. The van der Waals surface area contributed by atoms with E-state index < -0.39 is 15.7 Å². The average molecular weight is 466 g/mol. The number of nitrogens with one attached hydrogen (secondary N) is 1. The summed E-state index contributed by atoms with van der Waals surface area (Å²) in [5.41, 5.74) is 1.88. The second-order valence-electron chi connectivity index (χ2n) is 7.41. The fourth-order valence-electron chi connectivity index (χ4n) is 3.24. The molecule has 170 valence electrons. The van der Waals surface area contributed by atoms with Crippen molar-refractivity contribution in [2.24, 2.45) is 0 Å². The average Bonchev–Trinajstić information content (AvgIpc) is 3.51. The van der Waals surface area contributed by atoms with Gasteiger partial charge in [-0.15, -0.1) is 0 Å². The van der Waals surface area contributed by atoms with Crippen molar-refractivity contribution in [2.75, 3.05) is 0 Å². The molecule has 0 fully saturated rings. The molecule has 0 aliphatic rings. The molecule has 7 nitrogen and oxygen atoms in total. The maximum atomic E-state index is 12.5. The highest BCUT2D eigenvalue weighted by atomic mass is 32.2. The Hall–Kier alpha value is -3.62. The summed E-state index contributed by atoms with van der Waals surface area (Å²) in [6.45, 7) is 1.10. The summed E-state index contributed by atoms with van der Waals surface area (Å²) in [5.74, 6) is 0.293. The molecule has 1 N–H and O–H groups in total. The van der Waals surface area contributed by atoms with Crippen LogP contribution in [0.1, 0.15) is 33.2 Å². The van der Waals surface area contributed by atoms with E-state index in [0.717, 1.165) is 16.9 Å². The summed E-state index contributed by atoms with van der Waals surface area (Å²) in [6, 6.07) is 22.5. The van der Waals surface area contributed by atoms with Crippen molar-refractivity contribution in [3.63, 3.8) is 0 Å². The first-order valence-corrected chi connectivity index (χ1v) is 12.0. The number of rotatable bonds is 10. The van der Waals surface area contributed by atoms with E-state index >= 15 is 0 Å². The van der Waals surface area contributed by atoms with Gasteiger partial charge in [-0.3, -0.25) is 4.79 Å². The van der Waals surface area contributed by atoms with Crippen LogP contribution in [0.3, 0.4) is 0 Å². The maximum Gasteiger partial charge on any atom is 0.287 e. The third-order valence-electron chi connectivity index (χ3n) is 4.86. The second kappa shape index (κ2) is 10.3. The molecule has 0 saturated carbocycles. The summed E-state index contributed by atoms with van der Waals surface area (Å²) in [5, 5.41) is 2.79. The zero-order valence-electron chi connectivity index (χ0n) is 17.8. The van der Waals surface area contributed by atoms with Gasteiger partial charge in [-0.1, -0.05) is 42.5 Å². The molecule has 0 radical (unpaired) electrons. The van der Waals surface area contributed by atoms with Gasteiger partial charge in [0.1, 0.15) is 23.9 Å². The van der Waals surface area contributed by atoms with Crippen molar-refractivity contribution in [1.29, 1.82) is 0 Å². The highest BCUT2D eigenvalue weighted by Crippen LogP contribution is 2.18. The monoisotopic (exact) mass is 465 g/mol. The van der Waals surface area contributed by atoms with Crippen LogP contribution in [0.4, 0.5) is 0 Å². The molecule has 1 amide bonds. The lowest BCUT2D eigenvalue weighted by Gasteiger charge is -2.07. The van der Waals surface area contributed by atoms with E-state index in [4.69, 9.17) is 13.6 Å². The Morgan fingerprint density at radius 1 is 0.848 bits per heavy atom. The van der Waals surface area contributed by atoms with Crippen molar-refractivity contribution in [3.8, 4) is 0 Å². The smallest absolute Gasteiger partial charge is 0.287 e. The van der Waals surface area contributed by atoms with Crippen LogP contribution in [0.2, 0.25) is 0 Å². The third-order valence-corrected chi connectivity index (χ3v) is 6.51. The Morgan fingerprint density at radius 2 is 1.67 bits per heavy atom. The molecule has 0 spiro atoms. The molecule has 0 aliphatic carbocycles. The number of hydrogen-bond donors (Lipinski definition) is 1. The lowest BCUT2D eigenvalue weighted by molar-refractivity contribution is 0.0919. The molecule has 2 aromatic carbocycles. The minimum atomic E-state index is -3.55. The van der Waals surface area contributed by atoms with Crippen molar-refractivity contribution >= 4 is 15.7 Å². The number of benzene rings is 2. The topological polar surface area (TPSA) is 98.7 Å². The Kier molecular flexibility index (Phi) is 7.07. The fourth-order valence-corrected chi connectivity index (χ4v) is 4.51. The number of sulfone groups is 1. The fraction of sp³-hybridized carbons (Fsp3) is 0.160. The van der Waals surface area contributed by atoms with E-state index in [0.29, 0.717) is 19.8 Å². The molecular weight excluding hydrogens is 442 g/mol. The Labute approximate surface area is 191 Å². The standard InChI is InChI=1S/C25H23NO6S/c27-25(24-12-11-22(32-24)18-33(28,29)23-9-2-1-3-10-23)26-15-19-6-4-7-20(14-19)16-30-17-21-8-5-13-31-21/h1-14H,15-18H2,(H,26,27). The van der Waals surface area contributed by atoms with Gasteiger partial charge >= 0.3 is 0 Å². The van der Waals surface area contributed by atoms with Crippen LogP contribution in [-0.4, -0.2) is 14.3 Å². The molecular formula is C25H23NO6S. The van der Waals surface area contributed by atoms with E-state index in [2.05, 4.69) is 5.32 Å². The Bertz CT molecular complexity index is 1290. The maximum absolute atomic E-state index is 12.5. The van der Waals surface area contributed by atoms with Crippen molar-refractivity contribution in [3.05, 3.63) is 114 Å². The van der Waals surface area contributed by atoms with E-state index in [-0.39, 0.29) is 22.2 Å². The van der Waals surface area contributed by atoms with Gasteiger partial charge in [0.2, 0.25) is 0 Å². The first kappa shape index (κ1) is 22.6. The number of amides is 1. The van der Waals surface area contributed by atoms with Crippen LogP contribution < -0.4 is 5.32 Å². The normalized spacial score (nSPS) is 11.4.